The van der Waals surface area contributed by atoms with E-state index in [9.17, 15) is 9.59 Å². The highest BCUT2D eigenvalue weighted by molar-refractivity contribution is 7.99. The van der Waals surface area contributed by atoms with Gasteiger partial charge in [0.05, 0.1) is 11.1 Å². The Labute approximate surface area is 181 Å². The third-order valence-electron chi connectivity index (χ3n) is 4.69. The number of aromatic nitrogens is 3. The van der Waals surface area contributed by atoms with E-state index in [1.54, 1.807) is 22.9 Å². The Hall–Kier alpha value is -2.67. The van der Waals surface area contributed by atoms with E-state index in [1.807, 2.05) is 25.1 Å². The average Bonchev–Trinajstić information content (AvgIpc) is 2.73. The number of rotatable bonds is 9. The van der Waals surface area contributed by atoms with Gasteiger partial charge in [0.1, 0.15) is 0 Å². The summed E-state index contributed by atoms with van der Waals surface area (Å²) in [6, 6.07) is 13.8. The van der Waals surface area contributed by atoms with E-state index in [0.29, 0.717) is 22.7 Å². The average molecular weight is 425 g/mol. The Bertz CT molecular complexity index is 1050. The van der Waals surface area contributed by atoms with Gasteiger partial charge in [-0.2, -0.15) is 0 Å². The standard InChI is InChI=1S/C23H28N4O2S/c1-16(2)14-27-22(29)19-10-7-13-24-21(19)26-23(27)30-15-20(28)25-17(3)11-12-18-8-5-4-6-9-18/h4-10,13,16-17H,11-12,14-15H2,1-3H3,(H,25,28). The number of carbonyl (C=O) groups is 1. The lowest BCUT2D eigenvalue weighted by molar-refractivity contribution is -0.119. The molecule has 0 saturated heterocycles. The molecule has 0 spiro atoms. The molecule has 1 N–H and O–H groups in total. The summed E-state index contributed by atoms with van der Waals surface area (Å²) in [6.45, 7) is 6.66. The van der Waals surface area contributed by atoms with Gasteiger partial charge in [-0.1, -0.05) is 55.9 Å². The van der Waals surface area contributed by atoms with Gasteiger partial charge in [-0.3, -0.25) is 14.2 Å². The van der Waals surface area contributed by atoms with Crippen LogP contribution < -0.4 is 10.9 Å². The van der Waals surface area contributed by atoms with E-state index in [1.165, 1.54) is 17.3 Å². The number of hydrogen-bond acceptors (Lipinski definition) is 5. The van der Waals surface area contributed by atoms with Crippen LogP contribution in [0.4, 0.5) is 0 Å². The quantitative estimate of drug-likeness (QED) is 0.419. The summed E-state index contributed by atoms with van der Waals surface area (Å²) in [5.41, 5.74) is 1.57. The van der Waals surface area contributed by atoms with E-state index in [2.05, 4.69) is 41.3 Å². The van der Waals surface area contributed by atoms with Crippen molar-refractivity contribution in [1.29, 1.82) is 0 Å². The van der Waals surface area contributed by atoms with Crippen LogP contribution in [0.3, 0.4) is 0 Å². The predicted molar refractivity (Wildman–Crippen MR) is 122 cm³/mol. The Kier molecular flexibility index (Phi) is 7.63. The summed E-state index contributed by atoms with van der Waals surface area (Å²) in [5.74, 6) is 0.426. The maximum atomic E-state index is 12.9. The number of nitrogens with zero attached hydrogens (tertiary/aromatic N) is 3. The van der Waals surface area contributed by atoms with Gasteiger partial charge in [0.2, 0.25) is 5.91 Å². The van der Waals surface area contributed by atoms with Crippen molar-refractivity contribution in [1.82, 2.24) is 19.9 Å². The Balaban J connectivity index is 1.64. The van der Waals surface area contributed by atoms with Gasteiger partial charge in [0.25, 0.3) is 5.56 Å². The lowest BCUT2D eigenvalue weighted by Gasteiger charge is -2.16. The molecule has 0 aliphatic rings. The van der Waals surface area contributed by atoms with Crippen LogP contribution in [0.5, 0.6) is 0 Å². The Morgan fingerprint density at radius 3 is 2.63 bits per heavy atom. The Morgan fingerprint density at radius 1 is 1.13 bits per heavy atom. The van der Waals surface area contributed by atoms with Gasteiger partial charge in [0.15, 0.2) is 10.8 Å². The molecular formula is C23H28N4O2S. The van der Waals surface area contributed by atoms with Crippen LogP contribution in [0.1, 0.15) is 32.8 Å². The second kappa shape index (κ2) is 10.4. The molecule has 0 fully saturated rings. The van der Waals surface area contributed by atoms with E-state index in [-0.39, 0.29) is 29.2 Å². The maximum absolute atomic E-state index is 12.9. The van der Waals surface area contributed by atoms with Gasteiger partial charge in [-0.25, -0.2) is 9.97 Å². The van der Waals surface area contributed by atoms with Crippen LogP contribution in [0, 0.1) is 5.92 Å². The first-order valence-corrected chi connectivity index (χ1v) is 11.2. The number of thioether (sulfide) groups is 1. The number of fused-ring (bicyclic) bond motifs is 1. The SMILES string of the molecule is CC(C)Cn1c(SCC(=O)NC(C)CCc2ccccc2)nc2ncccc2c1=O. The van der Waals surface area contributed by atoms with E-state index in [0.717, 1.165) is 12.8 Å². The number of benzene rings is 1. The Morgan fingerprint density at radius 2 is 1.90 bits per heavy atom. The fourth-order valence-electron chi connectivity index (χ4n) is 3.22. The predicted octanol–water partition coefficient (Wildman–Crippen LogP) is 3.68. The van der Waals surface area contributed by atoms with Crippen LogP contribution in [-0.2, 0) is 17.8 Å². The van der Waals surface area contributed by atoms with Gasteiger partial charge >= 0.3 is 0 Å². The van der Waals surface area contributed by atoms with Gasteiger partial charge in [-0.05, 0) is 43.4 Å². The number of pyridine rings is 1. The van der Waals surface area contributed by atoms with Crippen molar-refractivity contribution in [2.45, 2.75) is 51.4 Å². The molecule has 30 heavy (non-hydrogen) atoms. The first-order chi connectivity index (χ1) is 14.4. The highest BCUT2D eigenvalue weighted by Gasteiger charge is 2.15. The molecule has 0 radical (unpaired) electrons. The molecule has 3 rings (SSSR count). The molecule has 1 aromatic carbocycles. The summed E-state index contributed by atoms with van der Waals surface area (Å²) in [4.78, 5) is 34.1. The zero-order chi connectivity index (χ0) is 21.5. The van der Waals surface area contributed by atoms with Crippen molar-refractivity contribution in [2.24, 2.45) is 5.92 Å². The fraction of sp³-hybridized carbons (Fsp3) is 0.391. The zero-order valence-electron chi connectivity index (χ0n) is 17.7. The molecule has 7 heteroatoms. The topological polar surface area (TPSA) is 76.9 Å². The minimum Gasteiger partial charge on any atom is -0.353 e. The smallest absolute Gasteiger partial charge is 0.263 e. The minimum absolute atomic E-state index is 0.0629. The summed E-state index contributed by atoms with van der Waals surface area (Å²) in [6.07, 6.45) is 3.41. The van der Waals surface area contributed by atoms with E-state index >= 15 is 0 Å². The van der Waals surface area contributed by atoms with Gasteiger partial charge in [0, 0.05) is 18.8 Å². The van der Waals surface area contributed by atoms with Gasteiger partial charge in [-0.15, -0.1) is 0 Å². The van der Waals surface area contributed by atoms with Crippen molar-refractivity contribution in [3.8, 4) is 0 Å². The van der Waals surface area contributed by atoms with Crippen molar-refractivity contribution in [2.75, 3.05) is 5.75 Å². The molecule has 0 saturated carbocycles. The third-order valence-corrected chi connectivity index (χ3v) is 5.67. The lowest BCUT2D eigenvalue weighted by Crippen LogP contribution is -2.34. The molecule has 0 aliphatic carbocycles. The molecule has 2 heterocycles. The summed E-state index contributed by atoms with van der Waals surface area (Å²) in [7, 11) is 0. The fourth-order valence-corrected chi connectivity index (χ4v) is 4.03. The zero-order valence-corrected chi connectivity index (χ0v) is 18.5. The summed E-state index contributed by atoms with van der Waals surface area (Å²) in [5, 5.41) is 4.08. The van der Waals surface area contributed by atoms with E-state index in [4.69, 9.17) is 0 Å². The molecule has 6 nitrogen and oxygen atoms in total. The lowest BCUT2D eigenvalue weighted by atomic mass is 10.1. The number of amides is 1. The van der Waals surface area contributed by atoms with Crippen molar-refractivity contribution in [3.63, 3.8) is 0 Å². The second-order valence-corrected chi connectivity index (χ2v) is 8.80. The third kappa shape index (κ3) is 5.92. The molecular weight excluding hydrogens is 396 g/mol. The molecule has 0 bridgehead atoms. The molecule has 158 valence electrons. The largest absolute Gasteiger partial charge is 0.353 e. The van der Waals surface area contributed by atoms with Crippen molar-refractivity contribution >= 4 is 28.7 Å². The monoisotopic (exact) mass is 424 g/mol. The minimum atomic E-state index is -0.110. The van der Waals surface area contributed by atoms with Crippen LogP contribution >= 0.6 is 11.8 Å². The van der Waals surface area contributed by atoms with Crippen LogP contribution in [-0.4, -0.2) is 32.2 Å². The molecule has 3 aromatic rings. The first kappa shape index (κ1) is 22.0. The molecule has 1 atom stereocenters. The van der Waals surface area contributed by atoms with E-state index < -0.39 is 0 Å². The number of nitrogens with one attached hydrogen (secondary N) is 1. The molecule has 0 aliphatic heterocycles. The number of aryl methyl sites for hydroxylation is 1. The summed E-state index contributed by atoms with van der Waals surface area (Å²) >= 11 is 1.28. The molecule has 1 amide bonds. The van der Waals surface area contributed by atoms with Crippen LogP contribution in [0.15, 0.2) is 58.6 Å². The maximum Gasteiger partial charge on any atom is 0.263 e. The number of carbonyl (C=O) groups excluding carboxylic acids is 1. The highest BCUT2D eigenvalue weighted by atomic mass is 32.2. The van der Waals surface area contributed by atoms with Crippen molar-refractivity contribution < 1.29 is 4.79 Å². The molecule has 2 aromatic heterocycles. The normalized spacial score (nSPS) is 12.3. The summed E-state index contributed by atoms with van der Waals surface area (Å²) < 4.78 is 1.66. The first-order valence-electron chi connectivity index (χ1n) is 10.3. The van der Waals surface area contributed by atoms with Crippen LogP contribution in [0.25, 0.3) is 11.0 Å². The van der Waals surface area contributed by atoms with Gasteiger partial charge < -0.3 is 5.32 Å². The molecule has 1 unspecified atom stereocenters. The number of hydrogen-bond donors (Lipinski definition) is 1. The highest BCUT2D eigenvalue weighted by Crippen LogP contribution is 2.18. The second-order valence-electron chi connectivity index (χ2n) is 7.86. The van der Waals surface area contributed by atoms with Crippen LogP contribution in [0.2, 0.25) is 0 Å². The van der Waals surface area contributed by atoms with Crippen molar-refractivity contribution in [3.05, 3.63) is 64.6 Å².